The molecule has 2 fully saturated rings. The minimum atomic E-state index is -0.672. The van der Waals surface area contributed by atoms with Crippen molar-refractivity contribution in [2.75, 3.05) is 16.8 Å². The molecule has 5 heterocycles. The number of aromatic amines is 1. The van der Waals surface area contributed by atoms with Gasteiger partial charge in [0.25, 0.3) is 0 Å². The van der Waals surface area contributed by atoms with Gasteiger partial charge in [-0.05, 0) is 63.3 Å². The fourth-order valence-corrected chi connectivity index (χ4v) is 4.81. The van der Waals surface area contributed by atoms with Crippen LogP contribution in [0.25, 0.3) is 5.52 Å². The minimum absolute atomic E-state index is 0.155. The van der Waals surface area contributed by atoms with E-state index in [2.05, 4.69) is 31.5 Å². The quantitative estimate of drug-likeness (QED) is 0.434. The molecule has 1 atom stereocenters. The van der Waals surface area contributed by atoms with Crippen molar-refractivity contribution in [2.24, 2.45) is 0 Å². The first-order chi connectivity index (χ1) is 16.5. The van der Waals surface area contributed by atoms with Crippen molar-refractivity contribution >= 4 is 28.9 Å². The smallest absolute Gasteiger partial charge is 0.246 e. The molecule has 1 saturated carbocycles. The van der Waals surface area contributed by atoms with E-state index in [1.807, 2.05) is 48.8 Å². The average molecular weight is 457 g/mol. The molecule has 2 aliphatic rings. The molecule has 9 nitrogen and oxygen atoms in total. The Balaban J connectivity index is 1.31. The number of anilines is 3. The molecule has 0 radical (unpaired) electrons. The van der Waals surface area contributed by atoms with Gasteiger partial charge in [-0.25, -0.2) is 4.52 Å². The van der Waals surface area contributed by atoms with E-state index in [4.69, 9.17) is 10.1 Å². The Bertz CT molecular complexity index is 1350. The van der Waals surface area contributed by atoms with Crippen molar-refractivity contribution in [3.8, 4) is 0 Å². The van der Waals surface area contributed by atoms with Gasteiger partial charge in [0.15, 0.2) is 17.4 Å². The standard InChI is InChI=1S/C25H28N8O/c1-16-6-7-17(15-26-16)13-21(34)25(2)10-4-11-32(25)24-28-23(20-5-3-12-33(20)31-24)27-22-14-19(29-30-22)18-8-9-18/h3,5-7,12,14-15,18H,4,8-11,13H2,1-2H3,(H2,27,28,29,30,31)/t25-/m0/s1. The highest BCUT2D eigenvalue weighted by molar-refractivity contribution is 5.93. The van der Waals surface area contributed by atoms with Crippen LogP contribution >= 0.6 is 0 Å². The van der Waals surface area contributed by atoms with Gasteiger partial charge in [-0.3, -0.25) is 14.9 Å². The van der Waals surface area contributed by atoms with Gasteiger partial charge in [0.05, 0.1) is 5.54 Å². The van der Waals surface area contributed by atoms with Gasteiger partial charge in [-0.1, -0.05) is 6.07 Å². The van der Waals surface area contributed by atoms with E-state index in [0.29, 0.717) is 24.1 Å². The number of hydrogen-bond donors (Lipinski definition) is 2. The number of H-pyrrole nitrogens is 1. The Labute approximate surface area is 197 Å². The number of carbonyl (C=O) groups is 1. The predicted molar refractivity (Wildman–Crippen MR) is 130 cm³/mol. The lowest BCUT2D eigenvalue weighted by Crippen LogP contribution is -2.49. The monoisotopic (exact) mass is 456 g/mol. The number of ketones is 1. The third-order valence-corrected chi connectivity index (χ3v) is 7.06. The summed E-state index contributed by atoms with van der Waals surface area (Å²) in [6.45, 7) is 4.69. The van der Waals surface area contributed by atoms with Gasteiger partial charge >= 0.3 is 0 Å². The molecule has 2 N–H and O–H groups in total. The van der Waals surface area contributed by atoms with E-state index in [-0.39, 0.29) is 5.78 Å². The zero-order valence-corrected chi connectivity index (χ0v) is 19.5. The number of pyridine rings is 1. The summed E-state index contributed by atoms with van der Waals surface area (Å²) in [6.07, 6.45) is 8.14. The summed E-state index contributed by atoms with van der Waals surface area (Å²) in [4.78, 5) is 24.8. The molecule has 4 aromatic heterocycles. The Morgan fingerprint density at radius 2 is 2.18 bits per heavy atom. The first-order valence-electron chi connectivity index (χ1n) is 11.9. The summed E-state index contributed by atoms with van der Waals surface area (Å²) in [5.74, 6) is 2.70. The highest BCUT2D eigenvalue weighted by Gasteiger charge is 2.44. The molecule has 4 aromatic rings. The van der Waals surface area contributed by atoms with Crippen molar-refractivity contribution in [3.63, 3.8) is 0 Å². The van der Waals surface area contributed by atoms with Gasteiger partial charge in [0.2, 0.25) is 5.95 Å². The summed E-state index contributed by atoms with van der Waals surface area (Å²) < 4.78 is 1.81. The van der Waals surface area contributed by atoms with Gasteiger partial charge < -0.3 is 10.2 Å². The lowest BCUT2D eigenvalue weighted by Gasteiger charge is -2.34. The number of aryl methyl sites for hydroxylation is 1. The van der Waals surface area contributed by atoms with Crippen LogP contribution < -0.4 is 10.2 Å². The number of fused-ring (bicyclic) bond motifs is 1. The van der Waals surface area contributed by atoms with E-state index in [0.717, 1.165) is 47.7 Å². The van der Waals surface area contributed by atoms with Gasteiger partial charge in [0.1, 0.15) is 5.52 Å². The number of nitrogens with zero attached hydrogens (tertiary/aromatic N) is 6. The lowest BCUT2D eigenvalue weighted by atomic mass is 9.89. The lowest BCUT2D eigenvalue weighted by molar-refractivity contribution is -0.122. The SMILES string of the molecule is Cc1ccc(CC(=O)[C@]2(C)CCCN2c2nc(Nc3cc(C4CC4)[nH]n3)c3cccn3n2)cn1. The van der Waals surface area contributed by atoms with Crippen molar-refractivity contribution in [2.45, 2.75) is 57.4 Å². The molecular weight excluding hydrogens is 428 g/mol. The van der Waals surface area contributed by atoms with Crippen LogP contribution in [-0.4, -0.2) is 47.6 Å². The number of nitrogens with one attached hydrogen (secondary N) is 2. The molecule has 1 aliphatic heterocycles. The van der Waals surface area contributed by atoms with Crippen LogP contribution in [0.15, 0.2) is 42.7 Å². The van der Waals surface area contributed by atoms with Crippen LogP contribution in [-0.2, 0) is 11.2 Å². The number of aromatic nitrogens is 6. The summed E-state index contributed by atoms with van der Waals surface area (Å²) in [7, 11) is 0. The van der Waals surface area contributed by atoms with E-state index in [1.54, 1.807) is 6.20 Å². The first-order valence-corrected chi connectivity index (χ1v) is 11.9. The van der Waals surface area contributed by atoms with Crippen LogP contribution in [0.3, 0.4) is 0 Å². The Morgan fingerprint density at radius 1 is 1.29 bits per heavy atom. The topological polar surface area (TPSA) is 104 Å². The van der Waals surface area contributed by atoms with Gasteiger partial charge in [-0.2, -0.15) is 10.1 Å². The molecule has 1 aliphatic carbocycles. The second kappa shape index (κ2) is 7.93. The summed E-state index contributed by atoms with van der Waals surface area (Å²) in [6, 6.07) is 9.89. The summed E-state index contributed by atoms with van der Waals surface area (Å²) >= 11 is 0. The molecule has 34 heavy (non-hydrogen) atoms. The second-order valence-electron chi connectivity index (χ2n) is 9.64. The highest BCUT2D eigenvalue weighted by Crippen LogP contribution is 2.40. The fourth-order valence-electron chi connectivity index (χ4n) is 4.81. The molecule has 0 aromatic carbocycles. The van der Waals surface area contributed by atoms with Crippen molar-refractivity contribution in [3.05, 3.63) is 59.7 Å². The third-order valence-electron chi connectivity index (χ3n) is 7.06. The highest BCUT2D eigenvalue weighted by atomic mass is 16.1. The maximum absolute atomic E-state index is 13.5. The maximum atomic E-state index is 13.5. The Kier molecular flexibility index (Phi) is 4.86. The van der Waals surface area contributed by atoms with Crippen molar-refractivity contribution in [1.82, 2.24) is 29.8 Å². The molecule has 6 rings (SSSR count). The van der Waals surface area contributed by atoms with Crippen molar-refractivity contribution < 1.29 is 4.79 Å². The molecule has 9 heteroatoms. The summed E-state index contributed by atoms with van der Waals surface area (Å²) in [5.41, 5.74) is 3.22. The zero-order valence-electron chi connectivity index (χ0n) is 19.5. The first kappa shape index (κ1) is 20.8. The number of Topliss-reactive ketones (excluding diaryl/α,β-unsaturated/α-hetero) is 1. The van der Waals surface area contributed by atoms with Gasteiger partial charge in [-0.15, -0.1) is 5.10 Å². The van der Waals surface area contributed by atoms with Crippen LogP contribution in [0.1, 0.15) is 55.5 Å². The number of carbonyl (C=O) groups excluding carboxylic acids is 1. The zero-order chi connectivity index (χ0) is 23.3. The number of rotatable bonds is 7. The van der Waals surface area contributed by atoms with E-state index in [9.17, 15) is 4.79 Å². The van der Waals surface area contributed by atoms with Gasteiger partial charge in [0, 0.05) is 48.7 Å². The molecule has 0 unspecified atom stereocenters. The second-order valence-corrected chi connectivity index (χ2v) is 9.64. The number of hydrogen-bond acceptors (Lipinski definition) is 7. The minimum Gasteiger partial charge on any atom is -0.327 e. The predicted octanol–water partition coefficient (Wildman–Crippen LogP) is 3.95. The van der Waals surface area contributed by atoms with E-state index >= 15 is 0 Å². The molecule has 0 spiro atoms. The van der Waals surface area contributed by atoms with Crippen LogP contribution in [0.5, 0.6) is 0 Å². The largest absolute Gasteiger partial charge is 0.327 e. The molecule has 0 bridgehead atoms. The fraction of sp³-hybridized carbons (Fsp3) is 0.400. The normalized spacial score (nSPS) is 20.2. The van der Waals surface area contributed by atoms with Crippen LogP contribution in [0, 0.1) is 6.92 Å². The van der Waals surface area contributed by atoms with E-state index in [1.165, 1.54) is 12.8 Å². The van der Waals surface area contributed by atoms with Crippen LogP contribution in [0.4, 0.5) is 17.6 Å². The van der Waals surface area contributed by atoms with Crippen LogP contribution in [0.2, 0.25) is 0 Å². The Morgan fingerprint density at radius 3 is 2.97 bits per heavy atom. The van der Waals surface area contributed by atoms with E-state index < -0.39 is 5.54 Å². The summed E-state index contributed by atoms with van der Waals surface area (Å²) in [5, 5.41) is 15.7. The van der Waals surface area contributed by atoms with Crippen molar-refractivity contribution in [1.29, 1.82) is 0 Å². The molecular formula is C25H28N8O. The average Bonchev–Trinajstić information content (AvgIpc) is 3.20. The maximum Gasteiger partial charge on any atom is 0.246 e. The molecule has 174 valence electrons. The molecule has 0 amide bonds. The third kappa shape index (κ3) is 3.70. The molecule has 1 saturated heterocycles. The Hall–Kier alpha value is -3.75.